The zero-order chi connectivity index (χ0) is 14.2. The predicted octanol–water partition coefficient (Wildman–Crippen LogP) is 3.95. The van der Waals surface area contributed by atoms with Crippen LogP contribution in [0.15, 0.2) is 59.6 Å². The molecule has 0 fully saturated rings. The molecule has 1 aliphatic heterocycles. The molecular formula is C14H9F3N3. The number of hydrogen-bond donors (Lipinski definition) is 0. The summed E-state index contributed by atoms with van der Waals surface area (Å²) >= 11 is 0. The maximum Gasteiger partial charge on any atom is 0.453 e. The molecule has 3 rings (SSSR count). The SMILES string of the molecule is FC(F)(F)C1=Nc2ccccc2N(c2ccccc2)[N]1. The second kappa shape index (κ2) is 4.56. The summed E-state index contributed by atoms with van der Waals surface area (Å²) in [7, 11) is 0. The van der Waals surface area contributed by atoms with Crippen LogP contribution in [0.4, 0.5) is 30.2 Å². The first-order valence-corrected chi connectivity index (χ1v) is 5.87. The van der Waals surface area contributed by atoms with Crippen molar-refractivity contribution in [3.05, 3.63) is 54.6 Å². The molecule has 2 aromatic carbocycles. The average Bonchev–Trinajstić information content (AvgIpc) is 2.46. The number of hydrogen-bond acceptors (Lipinski definition) is 2. The van der Waals surface area contributed by atoms with E-state index in [-0.39, 0.29) is 5.69 Å². The Bertz CT molecular complexity index is 650. The number of halogens is 3. The maximum absolute atomic E-state index is 12.9. The highest BCUT2D eigenvalue weighted by molar-refractivity contribution is 5.96. The minimum absolute atomic E-state index is 0.249. The molecule has 0 N–H and O–H groups in total. The zero-order valence-corrected chi connectivity index (χ0v) is 10.2. The van der Waals surface area contributed by atoms with Crippen molar-refractivity contribution in [1.82, 2.24) is 5.43 Å². The molecule has 0 saturated carbocycles. The van der Waals surface area contributed by atoms with Crippen molar-refractivity contribution in [1.29, 1.82) is 0 Å². The molecule has 0 saturated heterocycles. The third kappa shape index (κ3) is 2.20. The zero-order valence-electron chi connectivity index (χ0n) is 10.2. The summed E-state index contributed by atoms with van der Waals surface area (Å²) in [6.07, 6.45) is -4.58. The molecule has 1 radical (unpaired) electrons. The highest BCUT2D eigenvalue weighted by Crippen LogP contribution is 2.37. The van der Waals surface area contributed by atoms with Crippen LogP contribution in [0, 0.1) is 0 Å². The lowest BCUT2D eigenvalue weighted by molar-refractivity contribution is -0.0620. The number of fused-ring (bicyclic) bond motifs is 1. The molecule has 101 valence electrons. The van der Waals surface area contributed by atoms with Gasteiger partial charge in [0.2, 0.25) is 0 Å². The van der Waals surface area contributed by atoms with E-state index in [2.05, 4.69) is 10.4 Å². The van der Waals surface area contributed by atoms with Crippen molar-refractivity contribution in [3.63, 3.8) is 0 Å². The van der Waals surface area contributed by atoms with Gasteiger partial charge in [-0.1, -0.05) is 30.3 Å². The fourth-order valence-corrected chi connectivity index (χ4v) is 1.91. The van der Waals surface area contributed by atoms with Crippen LogP contribution in [0.2, 0.25) is 0 Å². The predicted molar refractivity (Wildman–Crippen MR) is 70.3 cm³/mol. The van der Waals surface area contributed by atoms with E-state index in [9.17, 15) is 13.2 Å². The van der Waals surface area contributed by atoms with Gasteiger partial charge in [0.05, 0.1) is 17.1 Å². The molecule has 1 heterocycles. The lowest BCUT2D eigenvalue weighted by Crippen LogP contribution is -2.42. The van der Waals surface area contributed by atoms with Gasteiger partial charge in [-0.15, -0.1) is 5.43 Å². The number of amidine groups is 1. The van der Waals surface area contributed by atoms with E-state index in [4.69, 9.17) is 0 Å². The lowest BCUT2D eigenvalue weighted by Gasteiger charge is -2.29. The molecule has 20 heavy (non-hydrogen) atoms. The molecule has 0 atom stereocenters. The third-order valence-electron chi connectivity index (χ3n) is 2.79. The van der Waals surface area contributed by atoms with E-state index >= 15 is 0 Å². The molecule has 0 aliphatic carbocycles. The van der Waals surface area contributed by atoms with Crippen LogP contribution in [0.1, 0.15) is 0 Å². The van der Waals surface area contributed by atoms with Gasteiger partial charge in [0.25, 0.3) is 5.84 Å². The molecule has 1 aliphatic rings. The summed E-state index contributed by atoms with van der Waals surface area (Å²) in [6.45, 7) is 0. The number of anilines is 2. The summed E-state index contributed by atoms with van der Waals surface area (Å²) in [5, 5.41) is 1.26. The van der Waals surface area contributed by atoms with Crippen molar-refractivity contribution in [2.75, 3.05) is 5.01 Å². The van der Waals surface area contributed by atoms with Gasteiger partial charge >= 0.3 is 6.18 Å². The normalized spacial score (nSPS) is 14.3. The van der Waals surface area contributed by atoms with Crippen molar-refractivity contribution >= 4 is 22.9 Å². The van der Waals surface area contributed by atoms with Gasteiger partial charge in [-0.05, 0) is 24.3 Å². The van der Waals surface area contributed by atoms with Crippen LogP contribution >= 0.6 is 0 Å². The molecule has 2 aromatic rings. The van der Waals surface area contributed by atoms with Crippen LogP contribution in [0.3, 0.4) is 0 Å². The van der Waals surface area contributed by atoms with Crippen LogP contribution < -0.4 is 10.4 Å². The van der Waals surface area contributed by atoms with E-state index in [1.165, 1.54) is 11.1 Å². The summed E-state index contributed by atoms with van der Waals surface area (Å²) in [4.78, 5) is 3.58. The summed E-state index contributed by atoms with van der Waals surface area (Å²) in [5.74, 6) is -1.15. The Balaban J connectivity index is 2.11. The van der Waals surface area contributed by atoms with Crippen molar-refractivity contribution in [2.24, 2.45) is 4.99 Å². The first-order valence-electron chi connectivity index (χ1n) is 5.87. The summed E-state index contributed by atoms with van der Waals surface area (Å²) < 4.78 is 38.6. The van der Waals surface area contributed by atoms with Gasteiger partial charge in [-0.2, -0.15) is 13.2 Å². The molecule has 0 unspecified atom stereocenters. The fourth-order valence-electron chi connectivity index (χ4n) is 1.91. The van der Waals surface area contributed by atoms with Gasteiger partial charge in [-0.25, -0.2) is 10.0 Å². The number of aliphatic imine (C=N–C) groups is 1. The highest BCUT2D eigenvalue weighted by Gasteiger charge is 2.41. The maximum atomic E-state index is 12.9. The Morgan fingerprint density at radius 3 is 2.20 bits per heavy atom. The fraction of sp³-hybridized carbons (Fsp3) is 0.0714. The Labute approximate surface area is 113 Å². The van der Waals surface area contributed by atoms with E-state index in [1.54, 1.807) is 48.5 Å². The van der Waals surface area contributed by atoms with Gasteiger partial charge in [-0.3, -0.25) is 0 Å². The van der Waals surface area contributed by atoms with Crippen LogP contribution in [0.5, 0.6) is 0 Å². The second-order valence-electron chi connectivity index (χ2n) is 4.17. The van der Waals surface area contributed by atoms with E-state index in [0.29, 0.717) is 11.4 Å². The number of para-hydroxylation sites is 3. The standard InChI is InChI=1S/C14H9F3N3/c15-14(16,17)13-18-11-8-4-5-9-12(11)20(19-13)10-6-2-1-3-7-10/h1-9H. The van der Waals surface area contributed by atoms with Crippen LogP contribution in [0.25, 0.3) is 0 Å². The van der Waals surface area contributed by atoms with Gasteiger partial charge in [0.1, 0.15) is 0 Å². The lowest BCUT2D eigenvalue weighted by atomic mass is 10.2. The summed E-state index contributed by atoms with van der Waals surface area (Å²) in [5.41, 5.74) is 4.94. The molecule has 0 bridgehead atoms. The molecule has 0 spiro atoms. The quantitative estimate of drug-likeness (QED) is 0.775. The Hall–Kier alpha value is -2.50. The van der Waals surface area contributed by atoms with Gasteiger partial charge in [0, 0.05) is 0 Å². The Morgan fingerprint density at radius 1 is 0.850 bits per heavy atom. The molecular weight excluding hydrogens is 267 g/mol. The van der Waals surface area contributed by atoms with E-state index in [0.717, 1.165) is 0 Å². The van der Waals surface area contributed by atoms with Crippen LogP contribution in [-0.4, -0.2) is 12.0 Å². The Morgan fingerprint density at radius 2 is 1.50 bits per heavy atom. The first kappa shape index (κ1) is 12.5. The van der Waals surface area contributed by atoms with Crippen molar-refractivity contribution in [3.8, 4) is 0 Å². The second-order valence-corrected chi connectivity index (χ2v) is 4.17. The first-order chi connectivity index (χ1) is 9.55. The molecule has 3 nitrogen and oxygen atoms in total. The minimum Gasteiger partial charge on any atom is -0.229 e. The average molecular weight is 276 g/mol. The number of benzene rings is 2. The van der Waals surface area contributed by atoms with Crippen LogP contribution in [-0.2, 0) is 0 Å². The third-order valence-corrected chi connectivity index (χ3v) is 2.79. The molecule has 0 aromatic heterocycles. The van der Waals surface area contributed by atoms with Gasteiger partial charge < -0.3 is 0 Å². The minimum atomic E-state index is -4.58. The number of alkyl halides is 3. The monoisotopic (exact) mass is 276 g/mol. The number of nitrogens with zero attached hydrogens (tertiary/aromatic N) is 3. The molecule has 0 amide bonds. The van der Waals surface area contributed by atoms with E-state index < -0.39 is 12.0 Å². The largest absolute Gasteiger partial charge is 0.453 e. The van der Waals surface area contributed by atoms with Crippen molar-refractivity contribution < 1.29 is 13.2 Å². The molecule has 6 heteroatoms. The Kier molecular flexibility index (Phi) is 2.85. The van der Waals surface area contributed by atoms with Gasteiger partial charge in [0.15, 0.2) is 0 Å². The smallest absolute Gasteiger partial charge is 0.229 e. The van der Waals surface area contributed by atoms with E-state index in [1.807, 2.05) is 0 Å². The topological polar surface area (TPSA) is 29.7 Å². The number of rotatable bonds is 1. The highest BCUT2D eigenvalue weighted by atomic mass is 19.4. The van der Waals surface area contributed by atoms with Crippen molar-refractivity contribution in [2.45, 2.75) is 6.18 Å². The summed E-state index contributed by atoms with van der Waals surface area (Å²) in [6, 6.07) is 15.3.